The van der Waals surface area contributed by atoms with Crippen LogP contribution < -0.4 is 0 Å². The highest BCUT2D eigenvalue weighted by Gasteiger charge is 2.29. The summed E-state index contributed by atoms with van der Waals surface area (Å²) in [5, 5.41) is 0. The third-order valence-corrected chi connectivity index (χ3v) is 5.85. The lowest BCUT2D eigenvalue weighted by Gasteiger charge is -2.32. The van der Waals surface area contributed by atoms with Gasteiger partial charge in [-0.1, -0.05) is 43.7 Å². The maximum Gasteiger partial charge on any atom is 0.323 e. The van der Waals surface area contributed by atoms with E-state index in [1.165, 1.54) is 5.56 Å². The van der Waals surface area contributed by atoms with E-state index < -0.39 is 6.04 Å². The van der Waals surface area contributed by atoms with Crippen LogP contribution in [0, 0.1) is 6.92 Å². The fourth-order valence-corrected chi connectivity index (χ4v) is 4.05. The van der Waals surface area contributed by atoms with Gasteiger partial charge in [-0.25, -0.2) is 0 Å². The van der Waals surface area contributed by atoms with E-state index in [0.717, 1.165) is 30.8 Å². The van der Waals surface area contributed by atoms with Gasteiger partial charge in [-0.05, 0) is 57.7 Å². The number of esters is 1. The van der Waals surface area contributed by atoms with Crippen LogP contribution in [0.25, 0.3) is 0 Å². The fourth-order valence-electron chi connectivity index (χ4n) is 4.05. The Kier molecular flexibility index (Phi) is 13.2. The zero-order chi connectivity index (χ0) is 25.5. The molecule has 2 rings (SSSR count). The molecule has 7 heteroatoms. The van der Waals surface area contributed by atoms with Gasteiger partial charge in [-0.3, -0.25) is 14.5 Å². The second kappa shape index (κ2) is 16.1. The number of rotatable bonds is 17. The second-order valence-corrected chi connectivity index (χ2v) is 8.64. The number of ether oxygens (including phenoxy) is 2. The summed E-state index contributed by atoms with van der Waals surface area (Å²) >= 11 is 0. The number of carbonyl (C=O) groups excluding carboxylic acids is 2. The molecule has 1 atom stereocenters. The van der Waals surface area contributed by atoms with E-state index in [4.69, 9.17) is 13.9 Å². The molecule has 2 aromatic rings. The highest BCUT2D eigenvalue weighted by molar-refractivity contribution is 5.80. The molecule has 1 aromatic carbocycles. The molecule has 0 bridgehead atoms. The first-order valence-electron chi connectivity index (χ1n) is 12.8. The normalized spacial score (nSPS) is 12.0. The third-order valence-electron chi connectivity index (χ3n) is 5.85. The van der Waals surface area contributed by atoms with Gasteiger partial charge in [0.15, 0.2) is 0 Å². The molecular formula is C28H42N2O5. The Morgan fingerprint density at radius 2 is 1.77 bits per heavy atom. The third kappa shape index (κ3) is 10.2. The molecule has 0 fully saturated rings. The Bertz CT molecular complexity index is 867. The predicted octanol–water partition coefficient (Wildman–Crippen LogP) is 4.62. The van der Waals surface area contributed by atoms with Crippen molar-refractivity contribution in [2.24, 2.45) is 0 Å². The molecule has 194 valence electrons. The molecule has 1 amide bonds. The summed E-state index contributed by atoms with van der Waals surface area (Å²) in [6.07, 6.45) is 2.94. The topological polar surface area (TPSA) is 72.2 Å². The van der Waals surface area contributed by atoms with Gasteiger partial charge in [0.2, 0.25) is 5.91 Å². The number of carbonyl (C=O) groups is 2. The molecule has 0 saturated carbocycles. The van der Waals surface area contributed by atoms with Crippen LogP contribution in [-0.2, 0) is 32.0 Å². The van der Waals surface area contributed by atoms with Crippen molar-refractivity contribution in [1.82, 2.24) is 9.80 Å². The number of nitrogens with zero attached hydrogens (tertiary/aromatic N) is 2. The molecule has 0 aliphatic rings. The average Bonchev–Trinajstić information content (AvgIpc) is 3.27. The Hall–Kier alpha value is -2.64. The van der Waals surface area contributed by atoms with Gasteiger partial charge in [0.1, 0.15) is 17.6 Å². The Balaban J connectivity index is 2.19. The van der Waals surface area contributed by atoms with Gasteiger partial charge in [0.05, 0.1) is 19.7 Å². The van der Waals surface area contributed by atoms with E-state index >= 15 is 0 Å². The van der Waals surface area contributed by atoms with Crippen LogP contribution >= 0.6 is 0 Å². The van der Waals surface area contributed by atoms with Gasteiger partial charge < -0.3 is 18.8 Å². The van der Waals surface area contributed by atoms with Gasteiger partial charge in [-0.2, -0.15) is 0 Å². The largest absolute Gasteiger partial charge is 0.465 e. The molecule has 35 heavy (non-hydrogen) atoms. The summed E-state index contributed by atoms with van der Waals surface area (Å²) in [7, 11) is 0. The summed E-state index contributed by atoms with van der Waals surface area (Å²) in [6, 6.07) is 13.5. The average molecular weight is 487 g/mol. The maximum atomic E-state index is 13.6. The van der Waals surface area contributed by atoms with Crippen LogP contribution in [0.15, 0.2) is 46.9 Å². The first-order chi connectivity index (χ1) is 17.0. The summed E-state index contributed by atoms with van der Waals surface area (Å²) in [4.78, 5) is 30.2. The van der Waals surface area contributed by atoms with E-state index in [2.05, 4.69) is 12.1 Å². The quantitative estimate of drug-likeness (QED) is 0.240. The van der Waals surface area contributed by atoms with Gasteiger partial charge >= 0.3 is 5.97 Å². The molecule has 1 aromatic heterocycles. The number of hydrogen-bond donors (Lipinski definition) is 0. The first kappa shape index (κ1) is 28.6. The summed E-state index contributed by atoms with van der Waals surface area (Å²) < 4.78 is 16.6. The molecule has 0 N–H and O–H groups in total. The van der Waals surface area contributed by atoms with Gasteiger partial charge in [0, 0.05) is 26.3 Å². The minimum atomic E-state index is -0.452. The number of aryl methyl sites for hydroxylation is 1. The lowest BCUT2D eigenvalue weighted by atomic mass is 10.1. The number of furan rings is 1. The second-order valence-electron chi connectivity index (χ2n) is 8.64. The van der Waals surface area contributed by atoms with Crippen LogP contribution in [-0.4, -0.2) is 67.2 Å². The van der Waals surface area contributed by atoms with E-state index in [9.17, 15) is 9.59 Å². The zero-order valence-electron chi connectivity index (χ0n) is 21.8. The molecule has 1 unspecified atom stereocenters. The van der Waals surface area contributed by atoms with Crippen LogP contribution in [0.2, 0.25) is 0 Å². The number of amides is 1. The minimum Gasteiger partial charge on any atom is -0.465 e. The van der Waals surface area contributed by atoms with Crippen molar-refractivity contribution >= 4 is 11.9 Å². The van der Waals surface area contributed by atoms with Crippen molar-refractivity contribution in [2.45, 2.75) is 66.0 Å². The van der Waals surface area contributed by atoms with Crippen molar-refractivity contribution in [2.75, 3.05) is 39.5 Å². The minimum absolute atomic E-state index is 0.0307. The van der Waals surface area contributed by atoms with Crippen LogP contribution in [0.4, 0.5) is 0 Å². The van der Waals surface area contributed by atoms with Gasteiger partial charge in [-0.15, -0.1) is 0 Å². The molecule has 0 saturated heterocycles. The summed E-state index contributed by atoms with van der Waals surface area (Å²) in [6.45, 7) is 10.9. The van der Waals surface area contributed by atoms with Crippen molar-refractivity contribution < 1.29 is 23.5 Å². The highest BCUT2D eigenvalue weighted by atomic mass is 16.5. The Labute approximate surface area is 210 Å². The van der Waals surface area contributed by atoms with Gasteiger partial charge in [0.25, 0.3) is 0 Å². The van der Waals surface area contributed by atoms with E-state index in [1.807, 2.05) is 67.8 Å². The first-order valence-corrected chi connectivity index (χ1v) is 12.8. The monoisotopic (exact) mass is 486 g/mol. The SMILES string of the molecule is CCCC(C(=O)OCC)N(CCCOCC)CC(=O)N(CCc1ccccc1)Cc1ccc(C)o1. The smallest absolute Gasteiger partial charge is 0.323 e. The summed E-state index contributed by atoms with van der Waals surface area (Å²) in [5.41, 5.74) is 1.17. The molecule has 1 heterocycles. The number of hydrogen-bond acceptors (Lipinski definition) is 6. The Morgan fingerprint density at radius 3 is 2.40 bits per heavy atom. The molecule has 0 aliphatic carbocycles. The summed E-state index contributed by atoms with van der Waals surface area (Å²) in [5.74, 6) is 1.27. The highest BCUT2D eigenvalue weighted by Crippen LogP contribution is 2.15. The van der Waals surface area contributed by atoms with Crippen molar-refractivity contribution in [3.63, 3.8) is 0 Å². The zero-order valence-corrected chi connectivity index (χ0v) is 21.8. The standard InChI is InChI=1S/C28H42N2O5/c1-5-12-26(28(32)34-7-3)29(18-11-20-33-6-2)22-27(31)30(21-25-16-15-23(4)35-25)19-17-24-13-9-8-10-14-24/h8-10,13-16,26H,5-7,11-12,17-22H2,1-4H3. The lowest BCUT2D eigenvalue weighted by Crippen LogP contribution is -2.49. The van der Waals surface area contributed by atoms with E-state index in [-0.39, 0.29) is 18.4 Å². The van der Waals surface area contributed by atoms with Crippen molar-refractivity contribution in [3.8, 4) is 0 Å². The van der Waals surface area contributed by atoms with Crippen molar-refractivity contribution in [1.29, 1.82) is 0 Å². The molecular weight excluding hydrogens is 444 g/mol. The molecule has 0 spiro atoms. The van der Waals surface area contributed by atoms with Crippen LogP contribution in [0.1, 0.15) is 57.1 Å². The molecule has 0 aliphatic heterocycles. The van der Waals surface area contributed by atoms with Crippen molar-refractivity contribution in [3.05, 3.63) is 59.5 Å². The van der Waals surface area contributed by atoms with E-state index in [0.29, 0.717) is 45.9 Å². The van der Waals surface area contributed by atoms with Crippen LogP contribution in [0.5, 0.6) is 0 Å². The maximum absolute atomic E-state index is 13.6. The fraction of sp³-hybridized carbons (Fsp3) is 0.571. The lowest BCUT2D eigenvalue weighted by molar-refractivity contribution is -0.151. The Morgan fingerprint density at radius 1 is 1.00 bits per heavy atom. The predicted molar refractivity (Wildman–Crippen MR) is 137 cm³/mol. The van der Waals surface area contributed by atoms with Crippen LogP contribution in [0.3, 0.4) is 0 Å². The number of benzene rings is 1. The molecule has 7 nitrogen and oxygen atoms in total. The van der Waals surface area contributed by atoms with E-state index in [1.54, 1.807) is 0 Å². The molecule has 0 radical (unpaired) electrons.